The van der Waals surface area contributed by atoms with E-state index in [2.05, 4.69) is 4.90 Å². The van der Waals surface area contributed by atoms with Gasteiger partial charge in [0.1, 0.15) is 30.5 Å². The van der Waals surface area contributed by atoms with Crippen molar-refractivity contribution in [1.29, 1.82) is 0 Å². The maximum atomic E-state index is 11.1. The molecule has 6 heteroatoms. The quantitative estimate of drug-likeness (QED) is 0.572. The molecule has 162 valence electrons. The summed E-state index contributed by atoms with van der Waals surface area (Å²) in [5.41, 5.74) is 0.845. The van der Waals surface area contributed by atoms with Crippen molar-refractivity contribution in [3.8, 4) is 11.5 Å². The van der Waals surface area contributed by atoms with Crippen LogP contribution in [-0.4, -0.2) is 55.2 Å². The Bertz CT molecular complexity index is 798. The van der Waals surface area contributed by atoms with Crippen molar-refractivity contribution in [2.24, 2.45) is 5.92 Å². The van der Waals surface area contributed by atoms with E-state index in [1.807, 2.05) is 55.5 Å². The Balaban J connectivity index is 1.44. The normalized spacial score (nSPS) is 19.1. The van der Waals surface area contributed by atoms with E-state index in [9.17, 15) is 9.90 Å². The minimum Gasteiger partial charge on any atom is -0.493 e. The SMILES string of the molecule is CC(C=O)c1ccccc1OCC(O)CN1CCCC(COc2ccc(Cl)cc2)C1. The highest BCUT2D eigenvalue weighted by Crippen LogP contribution is 2.25. The van der Waals surface area contributed by atoms with Crippen LogP contribution in [0.1, 0.15) is 31.2 Å². The van der Waals surface area contributed by atoms with Gasteiger partial charge in [-0.3, -0.25) is 0 Å². The van der Waals surface area contributed by atoms with Crippen molar-refractivity contribution >= 4 is 17.9 Å². The Morgan fingerprint density at radius 3 is 2.73 bits per heavy atom. The summed E-state index contributed by atoms with van der Waals surface area (Å²) in [6, 6.07) is 14.9. The van der Waals surface area contributed by atoms with E-state index in [-0.39, 0.29) is 12.5 Å². The molecule has 30 heavy (non-hydrogen) atoms. The van der Waals surface area contributed by atoms with Crippen molar-refractivity contribution in [1.82, 2.24) is 4.90 Å². The van der Waals surface area contributed by atoms with E-state index in [0.29, 0.717) is 29.8 Å². The number of aliphatic hydroxyl groups is 1. The highest BCUT2D eigenvalue weighted by atomic mass is 35.5. The van der Waals surface area contributed by atoms with E-state index in [1.54, 1.807) is 0 Å². The van der Waals surface area contributed by atoms with Gasteiger partial charge < -0.3 is 24.3 Å². The van der Waals surface area contributed by atoms with Crippen molar-refractivity contribution < 1.29 is 19.4 Å². The molecule has 0 amide bonds. The molecule has 5 nitrogen and oxygen atoms in total. The van der Waals surface area contributed by atoms with Gasteiger partial charge in [-0.2, -0.15) is 0 Å². The number of rotatable bonds is 10. The van der Waals surface area contributed by atoms with Crippen LogP contribution in [0.15, 0.2) is 48.5 Å². The predicted molar refractivity (Wildman–Crippen MR) is 119 cm³/mol. The molecule has 1 saturated heterocycles. The second kappa shape index (κ2) is 11.3. The molecule has 3 atom stereocenters. The first-order valence-electron chi connectivity index (χ1n) is 10.5. The fourth-order valence-corrected chi connectivity index (χ4v) is 3.92. The molecule has 3 unspecified atom stereocenters. The zero-order valence-electron chi connectivity index (χ0n) is 17.4. The zero-order valence-corrected chi connectivity index (χ0v) is 18.1. The fourth-order valence-electron chi connectivity index (χ4n) is 3.80. The lowest BCUT2D eigenvalue weighted by atomic mass is 9.98. The van der Waals surface area contributed by atoms with Crippen LogP contribution in [0.3, 0.4) is 0 Å². The lowest BCUT2D eigenvalue weighted by Gasteiger charge is -2.33. The molecule has 3 rings (SSSR count). The molecule has 1 fully saturated rings. The number of β-amino-alcohol motifs (C(OH)–C–C–N with tert-alkyl or cyclic N) is 1. The van der Waals surface area contributed by atoms with Crippen molar-refractivity contribution in [3.05, 3.63) is 59.1 Å². The zero-order chi connectivity index (χ0) is 21.3. The number of carbonyl (C=O) groups excluding carboxylic acids is 1. The number of carbonyl (C=O) groups is 1. The van der Waals surface area contributed by atoms with Gasteiger partial charge in [0.25, 0.3) is 0 Å². The average molecular weight is 432 g/mol. The smallest absolute Gasteiger partial charge is 0.127 e. The van der Waals surface area contributed by atoms with Gasteiger partial charge in [-0.1, -0.05) is 36.7 Å². The number of para-hydroxylation sites is 1. The third kappa shape index (κ3) is 6.73. The second-order valence-electron chi connectivity index (χ2n) is 7.96. The van der Waals surface area contributed by atoms with Gasteiger partial charge in [0.2, 0.25) is 0 Å². The van der Waals surface area contributed by atoms with Crippen molar-refractivity contribution in [3.63, 3.8) is 0 Å². The number of ether oxygens (including phenoxy) is 2. The molecular formula is C24H30ClNO4. The Labute approximate surface area is 183 Å². The molecule has 2 aromatic carbocycles. The average Bonchev–Trinajstić information content (AvgIpc) is 2.77. The summed E-state index contributed by atoms with van der Waals surface area (Å²) >= 11 is 5.91. The minimum absolute atomic E-state index is 0.199. The van der Waals surface area contributed by atoms with E-state index in [4.69, 9.17) is 21.1 Å². The summed E-state index contributed by atoms with van der Waals surface area (Å²) < 4.78 is 11.7. The maximum absolute atomic E-state index is 11.1. The van der Waals surface area contributed by atoms with Gasteiger partial charge in [0.15, 0.2) is 0 Å². The van der Waals surface area contributed by atoms with Crippen LogP contribution in [-0.2, 0) is 4.79 Å². The van der Waals surface area contributed by atoms with Gasteiger partial charge in [0.05, 0.1) is 6.61 Å². The Morgan fingerprint density at radius 2 is 1.97 bits per heavy atom. The maximum Gasteiger partial charge on any atom is 0.127 e. The highest BCUT2D eigenvalue weighted by Gasteiger charge is 2.23. The largest absolute Gasteiger partial charge is 0.493 e. The Hall–Kier alpha value is -2.08. The molecule has 0 radical (unpaired) electrons. The molecule has 1 N–H and O–H groups in total. The summed E-state index contributed by atoms with van der Waals surface area (Å²) in [6.45, 7) is 5.11. The minimum atomic E-state index is -0.597. The molecule has 0 spiro atoms. The van der Waals surface area contributed by atoms with Gasteiger partial charge in [-0.05, 0) is 49.7 Å². The lowest BCUT2D eigenvalue weighted by Crippen LogP contribution is -2.43. The molecule has 1 aliphatic heterocycles. The number of halogens is 1. The summed E-state index contributed by atoms with van der Waals surface area (Å²) in [7, 11) is 0. The van der Waals surface area contributed by atoms with E-state index in [1.165, 1.54) is 0 Å². The number of benzene rings is 2. The first-order chi connectivity index (χ1) is 14.5. The number of aliphatic hydroxyl groups excluding tert-OH is 1. The standard InChI is InChI=1S/C24H30ClNO4/c1-18(15-27)23-6-2-3-7-24(23)30-17-21(28)14-26-12-4-5-19(13-26)16-29-22-10-8-20(25)9-11-22/h2-3,6-11,15,18-19,21,28H,4-5,12-14,16-17H2,1H3. The van der Waals surface area contributed by atoms with Gasteiger partial charge >= 0.3 is 0 Å². The first-order valence-corrected chi connectivity index (χ1v) is 10.9. The highest BCUT2D eigenvalue weighted by molar-refractivity contribution is 6.30. The van der Waals surface area contributed by atoms with Crippen LogP contribution < -0.4 is 9.47 Å². The number of hydrogen-bond donors (Lipinski definition) is 1. The van der Waals surface area contributed by atoms with E-state index >= 15 is 0 Å². The molecule has 1 heterocycles. The number of hydrogen-bond acceptors (Lipinski definition) is 5. The number of piperidine rings is 1. The third-order valence-corrected chi connectivity index (χ3v) is 5.67. The van der Waals surface area contributed by atoms with Gasteiger partial charge in [-0.25, -0.2) is 0 Å². The van der Waals surface area contributed by atoms with Crippen LogP contribution in [0.5, 0.6) is 11.5 Å². The van der Waals surface area contributed by atoms with Gasteiger partial charge in [-0.15, -0.1) is 0 Å². The van der Waals surface area contributed by atoms with E-state index < -0.39 is 6.10 Å². The topological polar surface area (TPSA) is 59.0 Å². The molecule has 0 aliphatic carbocycles. The summed E-state index contributed by atoms with van der Waals surface area (Å²) in [5.74, 6) is 1.68. The van der Waals surface area contributed by atoms with Crippen molar-refractivity contribution in [2.45, 2.75) is 31.8 Å². The predicted octanol–water partition coefficient (Wildman–Crippen LogP) is 4.17. The number of aldehydes is 1. The second-order valence-corrected chi connectivity index (χ2v) is 8.40. The van der Waals surface area contributed by atoms with E-state index in [0.717, 1.165) is 43.5 Å². The lowest BCUT2D eigenvalue weighted by molar-refractivity contribution is -0.108. The molecule has 0 saturated carbocycles. The molecule has 1 aliphatic rings. The van der Waals surface area contributed by atoms with Crippen LogP contribution in [0, 0.1) is 5.92 Å². The van der Waals surface area contributed by atoms with Crippen LogP contribution >= 0.6 is 11.6 Å². The number of nitrogens with zero attached hydrogens (tertiary/aromatic N) is 1. The molecule has 2 aromatic rings. The first kappa shape index (κ1) is 22.6. The molecule has 0 bridgehead atoms. The van der Waals surface area contributed by atoms with Crippen LogP contribution in [0.2, 0.25) is 5.02 Å². The Kier molecular flexibility index (Phi) is 8.55. The monoisotopic (exact) mass is 431 g/mol. The fraction of sp³-hybridized carbons (Fsp3) is 0.458. The number of likely N-dealkylation sites (tertiary alicyclic amines) is 1. The third-order valence-electron chi connectivity index (χ3n) is 5.42. The Morgan fingerprint density at radius 1 is 1.20 bits per heavy atom. The van der Waals surface area contributed by atoms with Crippen LogP contribution in [0.4, 0.5) is 0 Å². The summed E-state index contributed by atoms with van der Waals surface area (Å²) in [6.07, 6.45) is 2.51. The van der Waals surface area contributed by atoms with Crippen LogP contribution in [0.25, 0.3) is 0 Å². The van der Waals surface area contributed by atoms with Gasteiger partial charge in [0, 0.05) is 35.5 Å². The molecule has 0 aromatic heterocycles. The molecular weight excluding hydrogens is 402 g/mol. The van der Waals surface area contributed by atoms with Crippen molar-refractivity contribution in [2.75, 3.05) is 32.8 Å². The summed E-state index contributed by atoms with van der Waals surface area (Å²) in [4.78, 5) is 13.4. The summed E-state index contributed by atoms with van der Waals surface area (Å²) in [5, 5.41) is 11.2.